The number of nitrogens with one attached hydrogen (secondary N) is 1. The van der Waals surface area contributed by atoms with Crippen LogP contribution in [0.1, 0.15) is 27.4 Å². The molecule has 0 atom stereocenters. The Morgan fingerprint density at radius 1 is 1.11 bits per heavy atom. The van der Waals surface area contributed by atoms with Crippen molar-refractivity contribution in [2.24, 2.45) is 0 Å². The molecule has 0 unspecified atom stereocenters. The summed E-state index contributed by atoms with van der Waals surface area (Å²) in [6, 6.07) is 14.0. The number of fused-ring (bicyclic) bond motifs is 1. The van der Waals surface area contributed by atoms with Gasteiger partial charge in [0.25, 0.3) is 5.56 Å². The summed E-state index contributed by atoms with van der Waals surface area (Å²) in [7, 11) is 1.56. The molecule has 0 fully saturated rings. The van der Waals surface area contributed by atoms with Gasteiger partial charge in [-0.1, -0.05) is 35.5 Å². The SMILES string of the molecule is COc1cc2[nH]c(=O)c(C(=O)c3ccccc3)cc2cc1-c1c(C)noc1C. The van der Waals surface area contributed by atoms with Crippen molar-refractivity contribution < 1.29 is 14.1 Å². The number of aromatic nitrogens is 2. The summed E-state index contributed by atoms with van der Waals surface area (Å²) in [4.78, 5) is 28.1. The van der Waals surface area contributed by atoms with Crippen LogP contribution in [0.15, 0.2) is 57.8 Å². The molecule has 0 saturated heterocycles. The maximum absolute atomic E-state index is 12.8. The van der Waals surface area contributed by atoms with E-state index in [1.165, 1.54) is 0 Å². The molecule has 28 heavy (non-hydrogen) atoms. The van der Waals surface area contributed by atoms with Crippen molar-refractivity contribution in [3.8, 4) is 16.9 Å². The molecule has 1 N–H and O–H groups in total. The zero-order valence-electron chi connectivity index (χ0n) is 15.7. The Balaban J connectivity index is 1.94. The monoisotopic (exact) mass is 374 g/mol. The first-order valence-electron chi connectivity index (χ1n) is 8.77. The quantitative estimate of drug-likeness (QED) is 0.545. The first-order chi connectivity index (χ1) is 13.5. The number of nitrogens with zero attached hydrogens (tertiary/aromatic N) is 1. The van der Waals surface area contributed by atoms with Crippen LogP contribution in [0, 0.1) is 13.8 Å². The Hall–Kier alpha value is -3.67. The van der Waals surface area contributed by atoms with Gasteiger partial charge in [-0.3, -0.25) is 9.59 Å². The number of aryl methyl sites for hydroxylation is 2. The highest BCUT2D eigenvalue weighted by Crippen LogP contribution is 2.37. The van der Waals surface area contributed by atoms with Crippen LogP contribution in [0.3, 0.4) is 0 Å². The number of H-pyrrole nitrogens is 1. The van der Waals surface area contributed by atoms with Gasteiger partial charge in [-0.15, -0.1) is 0 Å². The number of carbonyl (C=O) groups is 1. The number of carbonyl (C=O) groups excluding carboxylic acids is 1. The molecule has 6 heteroatoms. The minimum atomic E-state index is -0.437. The number of rotatable bonds is 4. The minimum absolute atomic E-state index is 0.0913. The third-order valence-corrected chi connectivity index (χ3v) is 4.75. The molecule has 2 heterocycles. The van der Waals surface area contributed by atoms with Crippen LogP contribution in [0.5, 0.6) is 5.75 Å². The van der Waals surface area contributed by atoms with Gasteiger partial charge in [-0.25, -0.2) is 0 Å². The van der Waals surface area contributed by atoms with Crippen LogP contribution >= 0.6 is 0 Å². The van der Waals surface area contributed by atoms with E-state index in [0.717, 1.165) is 22.2 Å². The summed E-state index contributed by atoms with van der Waals surface area (Å²) >= 11 is 0. The number of hydrogen-bond acceptors (Lipinski definition) is 5. The summed E-state index contributed by atoms with van der Waals surface area (Å²) in [5.74, 6) is 0.929. The topological polar surface area (TPSA) is 85.2 Å². The Bertz CT molecular complexity index is 1230. The molecule has 0 amide bonds. The molecular formula is C22H18N2O4. The third-order valence-electron chi connectivity index (χ3n) is 4.75. The molecular weight excluding hydrogens is 356 g/mol. The molecule has 140 valence electrons. The van der Waals surface area contributed by atoms with Crippen molar-refractivity contribution in [3.63, 3.8) is 0 Å². The van der Waals surface area contributed by atoms with E-state index in [1.807, 2.05) is 26.0 Å². The fourth-order valence-electron chi connectivity index (χ4n) is 3.38. The zero-order chi connectivity index (χ0) is 19.8. The number of ether oxygens (including phenoxy) is 1. The highest BCUT2D eigenvalue weighted by molar-refractivity contribution is 6.10. The van der Waals surface area contributed by atoms with E-state index >= 15 is 0 Å². The maximum atomic E-state index is 12.8. The highest BCUT2D eigenvalue weighted by Gasteiger charge is 2.19. The van der Waals surface area contributed by atoms with Crippen molar-refractivity contribution >= 4 is 16.7 Å². The molecule has 2 aromatic carbocycles. The van der Waals surface area contributed by atoms with E-state index in [0.29, 0.717) is 22.6 Å². The Morgan fingerprint density at radius 3 is 2.50 bits per heavy atom. The van der Waals surface area contributed by atoms with Crippen LogP contribution in [0.25, 0.3) is 22.0 Å². The Morgan fingerprint density at radius 2 is 1.86 bits per heavy atom. The fraction of sp³-hybridized carbons (Fsp3) is 0.136. The van der Waals surface area contributed by atoms with Crippen molar-refractivity contribution in [3.05, 3.63) is 81.5 Å². The number of pyridine rings is 1. The predicted octanol–water partition coefficient (Wildman–Crippen LogP) is 4.04. The number of aromatic amines is 1. The Kier molecular flexibility index (Phi) is 4.31. The van der Waals surface area contributed by atoms with Gasteiger partial charge in [-0.05, 0) is 31.4 Å². The van der Waals surface area contributed by atoms with Gasteiger partial charge in [0.1, 0.15) is 11.5 Å². The molecule has 6 nitrogen and oxygen atoms in total. The summed E-state index contributed by atoms with van der Waals surface area (Å²) < 4.78 is 10.8. The van der Waals surface area contributed by atoms with Gasteiger partial charge in [-0.2, -0.15) is 0 Å². The number of ketones is 1. The standard InChI is InChI=1S/C22H18N2O4/c1-12-20(13(2)28-24-12)16-9-15-10-17(21(25)14-7-5-4-6-8-14)22(26)23-18(15)11-19(16)27-3/h4-11H,1-3H3,(H,23,26). The van der Waals surface area contributed by atoms with E-state index in [9.17, 15) is 9.59 Å². The zero-order valence-corrected chi connectivity index (χ0v) is 15.7. The minimum Gasteiger partial charge on any atom is -0.496 e. The maximum Gasteiger partial charge on any atom is 0.259 e. The lowest BCUT2D eigenvalue weighted by Gasteiger charge is -2.11. The first kappa shape index (κ1) is 17.7. The first-order valence-corrected chi connectivity index (χ1v) is 8.77. The fourth-order valence-corrected chi connectivity index (χ4v) is 3.38. The predicted molar refractivity (Wildman–Crippen MR) is 106 cm³/mol. The van der Waals surface area contributed by atoms with Crippen molar-refractivity contribution in [2.45, 2.75) is 13.8 Å². The van der Waals surface area contributed by atoms with Crippen LogP contribution < -0.4 is 10.3 Å². The molecule has 2 aromatic heterocycles. The lowest BCUT2D eigenvalue weighted by Crippen LogP contribution is -2.18. The second-order valence-corrected chi connectivity index (χ2v) is 6.55. The van der Waals surface area contributed by atoms with E-state index in [1.54, 1.807) is 43.5 Å². The lowest BCUT2D eigenvalue weighted by molar-refractivity contribution is 0.103. The van der Waals surface area contributed by atoms with E-state index in [2.05, 4.69) is 10.1 Å². The van der Waals surface area contributed by atoms with Gasteiger partial charge in [0.15, 0.2) is 5.78 Å². The molecule has 0 radical (unpaired) electrons. The van der Waals surface area contributed by atoms with Crippen LogP contribution in [-0.4, -0.2) is 23.0 Å². The largest absolute Gasteiger partial charge is 0.496 e. The summed E-state index contributed by atoms with van der Waals surface area (Å²) in [6.07, 6.45) is 0. The average Bonchev–Trinajstić information content (AvgIpc) is 3.04. The molecule has 4 rings (SSSR count). The van der Waals surface area contributed by atoms with Gasteiger partial charge < -0.3 is 14.2 Å². The van der Waals surface area contributed by atoms with Crippen molar-refractivity contribution in [2.75, 3.05) is 7.11 Å². The lowest BCUT2D eigenvalue weighted by atomic mass is 9.98. The average molecular weight is 374 g/mol. The molecule has 0 aliphatic rings. The van der Waals surface area contributed by atoms with E-state index in [4.69, 9.17) is 9.26 Å². The second-order valence-electron chi connectivity index (χ2n) is 6.55. The normalized spacial score (nSPS) is 11.0. The van der Waals surface area contributed by atoms with Crippen LogP contribution in [-0.2, 0) is 0 Å². The van der Waals surface area contributed by atoms with Crippen LogP contribution in [0.2, 0.25) is 0 Å². The summed E-state index contributed by atoms with van der Waals surface area (Å²) in [6.45, 7) is 3.68. The molecule has 0 spiro atoms. The molecule has 0 aliphatic carbocycles. The Labute approximate surface area is 160 Å². The smallest absolute Gasteiger partial charge is 0.259 e. The molecule has 0 aliphatic heterocycles. The van der Waals surface area contributed by atoms with Gasteiger partial charge in [0.05, 0.1) is 29.4 Å². The van der Waals surface area contributed by atoms with Crippen molar-refractivity contribution in [1.82, 2.24) is 10.1 Å². The van der Waals surface area contributed by atoms with Gasteiger partial charge in [0, 0.05) is 17.2 Å². The number of methoxy groups -OCH3 is 1. The number of hydrogen-bond donors (Lipinski definition) is 1. The number of benzene rings is 2. The third kappa shape index (κ3) is 2.89. The molecule has 0 saturated carbocycles. The molecule has 4 aromatic rings. The van der Waals surface area contributed by atoms with E-state index in [-0.39, 0.29) is 11.3 Å². The highest BCUT2D eigenvalue weighted by atomic mass is 16.5. The van der Waals surface area contributed by atoms with E-state index < -0.39 is 5.56 Å². The van der Waals surface area contributed by atoms with Crippen molar-refractivity contribution in [1.29, 1.82) is 0 Å². The summed E-state index contributed by atoms with van der Waals surface area (Å²) in [5.41, 5.74) is 3.06. The van der Waals surface area contributed by atoms with Gasteiger partial charge in [0.2, 0.25) is 0 Å². The second kappa shape index (κ2) is 6.81. The van der Waals surface area contributed by atoms with Gasteiger partial charge >= 0.3 is 0 Å². The molecule has 0 bridgehead atoms. The van der Waals surface area contributed by atoms with Crippen LogP contribution in [0.4, 0.5) is 0 Å². The summed E-state index contributed by atoms with van der Waals surface area (Å²) in [5, 5.41) is 4.72.